The predicted octanol–water partition coefficient (Wildman–Crippen LogP) is 2.47. The zero-order valence-electron chi connectivity index (χ0n) is 13.2. The van der Waals surface area contributed by atoms with Crippen molar-refractivity contribution in [3.63, 3.8) is 0 Å². The number of nitrogens with zero attached hydrogens (tertiary/aromatic N) is 2. The summed E-state index contributed by atoms with van der Waals surface area (Å²) in [4.78, 5) is 16.1. The molecule has 0 aliphatic heterocycles. The van der Waals surface area contributed by atoms with E-state index >= 15 is 0 Å². The van der Waals surface area contributed by atoms with Crippen LogP contribution in [0.15, 0.2) is 42.1 Å². The number of para-hydroxylation sites is 1. The molecule has 0 bridgehead atoms. The van der Waals surface area contributed by atoms with Crippen LogP contribution in [0.2, 0.25) is 0 Å². The highest BCUT2D eigenvalue weighted by Gasteiger charge is 2.16. The number of aromatic nitrogens is 3. The van der Waals surface area contributed by atoms with Crippen molar-refractivity contribution in [2.24, 2.45) is 0 Å². The third kappa shape index (κ3) is 5.14. The van der Waals surface area contributed by atoms with E-state index in [-0.39, 0.29) is 11.2 Å². The van der Waals surface area contributed by atoms with Crippen LogP contribution in [0.4, 0.5) is 0 Å². The number of hydrogen-bond acceptors (Lipinski definition) is 5. The topological polar surface area (TPSA) is 79.9 Å². The van der Waals surface area contributed by atoms with E-state index in [0.717, 1.165) is 11.3 Å². The number of rotatable bonds is 8. The predicted molar refractivity (Wildman–Crippen MR) is 90.4 cm³/mol. The summed E-state index contributed by atoms with van der Waals surface area (Å²) < 4.78 is 5.71. The molecule has 2 aromatic rings. The molecule has 0 saturated heterocycles. The van der Waals surface area contributed by atoms with E-state index < -0.39 is 0 Å². The zero-order valence-corrected chi connectivity index (χ0v) is 14.0. The number of carbonyl (C=O) groups excluding carboxylic acids is 1. The van der Waals surface area contributed by atoms with Gasteiger partial charge >= 0.3 is 0 Å². The van der Waals surface area contributed by atoms with Crippen LogP contribution >= 0.6 is 11.8 Å². The number of nitrogens with one attached hydrogen (secondary N) is 2. The van der Waals surface area contributed by atoms with E-state index in [1.165, 1.54) is 11.8 Å². The van der Waals surface area contributed by atoms with E-state index in [9.17, 15) is 4.79 Å². The average Bonchev–Trinajstić information content (AvgIpc) is 2.99. The lowest BCUT2D eigenvalue weighted by atomic mass is 10.2. The molecule has 1 heterocycles. The lowest BCUT2D eigenvalue weighted by molar-refractivity contribution is -0.120. The molecule has 1 aromatic carbocycles. The molecule has 0 spiro atoms. The maximum absolute atomic E-state index is 11.8. The summed E-state index contributed by atoms with van der Waals surface area (Å²) in [7, 11) is 0. The molecule has 0 fully saturated rings. The van der Waals surface area contributed by atoms with Gasteiger partial charge in [0.2, 0.25) is 11.1 Å². The van der Waals surface area contributed by atoms with Crippen LogP contribution in [0.25, 0.3) is 0 Å². The molecule has 1 atom stereocenters. The second kappa shape index (κ2) is 8.38. The quantitative estimate of drug-likeness (QED) is 0.573. The molecule has 0 aliphatic carbocycles. The minimum Gasteiger partial charge on any atom is -0.485 e. The Hall–Kier alpha value is -2.28. The fourth-order valence-electron chi connectivity index (χ4n) is 1.79. The van der Waals surface area contributed by atoms with E-state index in [1.807, 2.05) is 38.1 Å². The van der Waals surface area contributed by atoms with Gasteiger partial charge in [-0.15, -0.1) is 11.7 Å². The Bertz CT molecular complexity index is 672. The Labute approximate surface area is 139 Å². The molecule has 23 heavy (non-hydrogen) atoms. The number of ether oxygens (including phenoxy) is 1. The monoisotopic (exact) mass is 332 g/mol. The molecule has 0 saturated carbocycles. The van der Waals surface area contributed by atoms with E-state index in [2.05, 4.69) is 27.1 Å². The molecule has 0 aliphatic rings. The van der Waals surface area contributed by atoms with E-state index in [0.29, 0.717) is 24.1 Å². The number of carbonyl (C=O) groups is 1. The first kappa shape index (κ1) is 17.1. The highest BCUT2D eigenvalue weighted by molar-refractivity contribution is 8.00. The SMILES string of the molecule is C=CCNC(=O)[C@H](C)Sc1n[nH]c(COc2ccccc2C)n1. The third-order valence-corrected chi connectivity index (χ3v) is 4.00. The molecule has 6 nitrogen and oxygen atoms in total. The van der Waals surface area contributed by atoms with E-state index in [4.69, 9.17) is 4.74 Å². The Balaban J connectivity index is 1.87. The minimum absolute atomic E-state index is 0.0718. The summed E-state index contributed by atoms with van der Waals surface area (Å²) in [5.74, 6) is 1.36. The number of aryl methyl sites for hydroxylation is 1. The second-order valence-corrected chi connectivity index (χ2v) is 6.22. The molecule has 1 aromatic heterocycles. The smallest absolute Gasteiger partial charge is 0.233 e. The first-order chi connectivity index (χ1) is 11.1. The maximum atomic E-state index is 11.8. The first-order valence-corrected chi connectivity index (χ1v) is 8.13. The minimum atomic E-state index is -0.282. The van der Waals surface area contributed by atoms with Gasteiger partial charge in [-0.1, -0.05) is 36.0 Å². The fourth-order valence-corrected chi connectivity index (χ4v) is 2.56. The number of hydrogen-bond donors (Lipinski definition) is 2. The van der Waals surface area contributed by atoms with Crippen molar-refractivity contribution in [1.29, 1.82) is 0 Å². The molecule has 0 unspecified atom stereocenters. The lowest BCUT2D eigenvalue weighted by Gasteiger charge is -2.08. The molecular weight excluding hydrogens is 312 g/mol. The van der Waals surface area contributed by atoms with Gasteiger partial charge in [-0.3, -0.25) is 9.89 Å². The largest absolute Gasteiger partial charge is 0.485 e. The summed E-state index contributed by atoms with van der Waals surface area (Å²) in [6.45, 7) is 8.11. The number of thioether (sulfide) groups is 1. The average molecular weight is 332 g/mol. The van der Waals surface area contributed by atoms with Gasteiger partial charge < -0.3 is 10.1 Å². The van der Waals surface area contributed by atoms with Crippen molar-refractivity contribution in [1.82, 2.24) is 20.5 Å². The normalized spacial score (nSPS) is 11.7. The molecule has 2 rings (SSSR count). The van der Waals surface area contributed by atoms with Crippen molar-refractivity contribution in [2.45, 2.75) is 30.9 Å². The number of benzene rings is 1. The molecule has 2 N–H and O–H groups in total. The van der Waals surface area contributed by atoms with E-state index in [1.54, 1.807) is 6.08 Å². The Kier molecular flexibility index (Phi) is 6.22. The van der Waals surface area contributed by atoms with Crippen molar-refractivity contribution in [3.8, 4) is 5.75 Å². The standard InChI is InChI=1S/C16H20N4O2S/c1-4-9-17-15(21)12(3)23-16-18-14(19-20-16)10-22-13-8-6-5-7-11(13)2/h4-8,12H,1,9-10H2,2-3H3,(H,17,21)(H,18,19,20)/t12-/m0/s1. The van der Waals surface area contributed by atoms with Crippen LogP contribution in [0.1, 0.15) is 18.3 Å². The van der Waals surface area contributed by atoms with Crippen molar-refractivity contribution < 1.29 is 9.53 Å². The summed E-state index contributed by atoms with van der Waals surface area (Å²) >= 11 is 1.29. The van der Waals surface area contributed by atoms with Crippen LogP contribution < -0.4 is 10.1 Å². The van der Waals surface area contributed by atoms with Gasteiger partial charge in [0.15, 0.2) is 5.82 Å². The van der Waals surface area contributed by atoms with Crippen LogP contribution in [-0.4, -0.2) is 32.9 Å². The van der Waals surface area contributed by atoms with Gasteiger partial charge in [-0.2, -0.15) is 0 Å². The van der Waals surface area contributed by atoms with Gasteiger partial charge in [0, 0.05) is 6.54 Å². The van der Waals surface area contributed by atoms with Crippen LogP contribution in [0.3, 0.4) is 0 Å². The fraction of sp³-hybridized carbons (Fsp3) is 0.312. The number of H-pyrrole nitrogens is 1. The summed E-state index contributed by atoms with van der Waals surface area (Å²) in [6.07, 6.45) is 1.64. The second-order valence-electron chi connectivity index (χ2n) is 4.91. The molecule has 122 valence electrons. The van der Waals surface area contributed by atoms with Gasteiger partial charge in [-0.25, -0.2) is 4.98 Å². The molecule has 7 heteroatoms. The summed E-state index contributed by atoms with van der Waals surface area (Å²) in [6, 6.07) is 7.78. The van der Waals surface area contributed by atoms with Crippen LogP contribution in [0.5, 0.6) is 5.75 Å². The summed E-state index contributed by atoms with van der Waals surface area (Å²) in [5, 5.41) is 9.91. The van der Waals surface area contributed by atoms with Crippen LogP contribution in [-0.2, 0) is 11.4 Å². The Morgan fingerprint density at radius 3 is 3.04 bits per heavy atom. The number of amides is 1. The van der Waals surface area contributed by atoms with Crippen molar-refractivity contribution in [3.05, 3.63) is 48.3 Å². The third-order valence-electron chi connectivity index (χ3n) is 3.04. The molecule has 1 amide bonds. The van der Waals surface area contributed by atoms with Gasteiger partial charge in [-0.05, 0) is 25.5 Å². The zero-order chi connectivity index (χ0) is 16.7. The Morgan fingerprint density at radius 2 is 2.30 bits per heavy atom. The highest BCUT2D eigenvalue weighted by atomic mass is 32.2. The molecular formula is C16H20N4O2S. The highest BCUT2D eigenvalue weighted by Crippen LogP contribution is 2.20. The van der Waals surface area contributed by atoms with Gasteiger partial charge in [0.1, 0.15) is 12.4 Å². The number of aromatic amines is 1. The maximum Gasteiger partial charge on any atom is 0.233 e. The Morgan fingerprint density at radius 1 is 1.52 bits per heavy atom. The van der Waals surface area contributed by atoms with Gasteiger partial charge in [0.25, 0.3) is 0 Å². The van der Waals surface area contributed by atoms with Gasteiger partial charge in [0.05, 0.1) is 5.25 Å². The first-order valence-electron chi connectivity index (χ1n) is 7.25. The van der Waals surface area contributed by atoms with Crippen LogP contribution in [0, 0.1) is 6.92 Å². The van der Waals surface area contributed by atoms with Crippen molar-refractivity contribution in [2.75, 3.05) is 6.54 Å². The lowest BCUT2D eigenvalue weighted by Crippen LogP contribution is -2.30. The van der Waals surface area contributed by atoms with Crippen molar-refractivity contribution >= 4 is 17.7 Å². The molecule has 0 radical (unpaired) electrons. The summed E-state index contributed by atoms with van der Waals surface area (Å²) in [5.41, 5.74) is 1.06.